The first-order valence-electron chi connectivity index (χ1n) is 8.02. The van der Waals surface area contributed by atoms with Crippen LogP contribution in [0.5, 0.6) is 5.75 Å². The number of nitrogens with one attached hydrogen (secondary N) is 2. The van der Waals surface area contributed by atoms with Crippen LogP contribution in [0, 0.1) is 10.1 Å². The molecule has 0 saturated carbocycles. The molecule has 0 aromatic heterocycles. The number of para-hydroxylation sites is 1. The van der Waals surface area contributed by atoms with Crippen molar-refractivity contribution in [2.45, 2.75) is 6.42 Å². The van der Waals surface area contributed by atoms with E-state index in [1.54, 1.807) is 30.3 Å². The fourth-order valence-corrected chi connectivity index (χ4v) is 2.19. The number of anilines is 1. The predicted octanol–water partition coefficient (Wildman–Crippen LogP) is 2.04. The van der Waals surface area contributed by atoms with Gasteiger partial charge in [0, 0.05) is 17.3 Å². The van der Waals surface area contributed by atoms with Crippen LogP contribution in [-0.4, -0.2) is 36.5 Å². The van der Waals surface area contributed by atoms with E-state index in [9.17, 15) is 24.5 Å². The largest absolute Gasteiger partial charge is 0.497 e. The topological polar surface area (TPSA) is 137 Å². The molecular formula is C18H17N3O7. The van der Waals surface area contributed by atoms with Crippen LogP contribution >= 0.6 is 0 Å². The van der Waals surface area contributed by atoms with E-state index in [0.29, 0.717) is 11.4 Å². The molecule has 10 heteroatoms. The molecule has 2 N–H and O–H groups in total. The number of hydrogen-bond acceptors (Lipinski definition) is 7. The van der Waals surface area contributed by atoms with Gasteiger partial charge in [0.15, 0.2) is 6.61 Å². The number of hydrogen-bond donors (Lipinski definition) is 2. The molecule has 0 aliphatic heterocycles. The minimum atomic E-state index is -0.845. The molecular weight excluding hydrogens is 370 g/mol. The van der Waals surface area contributed by atoms with Crippen LogP contribution in [0.4, 0.5) is 16.2 Å². The number of amides is 3. The van der Waals surface area contributed by atoms with Crippen molar-refractivity contribution in [2.75, 3.05) is 19.0 Å². The van der Waals surface area contributed by atoms with Crippen molar-refractivity contribution in [3.05, 3.63) is 64.2 Å². The number of nitrogens with zero attached hydrogens (tertiary/aromatic N) is 1. The van der Waals surface area contributed by atoms with Crippen molar-refractivity contribution in [1.29, 1.82) is 0 Å². The molecule has 0 aliphatic carbocycles. The number of urea groups is 1. The number of carbonyl (C=O) groups is 3. The van der Waals surface area contributed by atoms with Gasteiger partial charge in [0.05, 0.1) is 18.5 Å². The lowest BCUT2D eigenvalue weighted by Crippen LogP contribution is -2.37. The van der Waals surface area contributed by atoms with E-state index in [0.717, 1.165) is 0 Å². The zero-order valence-electron chi connectivity index (χ0n) is 14.8. The summed E-state index contributed by atoms with van der Waals surface area (Å²) in [5.74, 6) is -1.07. The first-order chi connectivity index (χ1) is 13.4. The molecule has 10 nitrogen and oxygen atoms in total. The summed E-state index contributed by atoms with van der Waals surface area (Å²) in [7, 11) is 1.51. The highest BCUT2D eigenvalue weighted by molar-refractivity contribution is 6.01. The van der Waals surface area contributed by atoms with Gasteiger partial charge in [0.2, 0.25) is 0 Å². The summed E-state index contributed by atoms with van der Waals surface area (Å²) in [5.41, 5.74) is 0.373. The molecule has 0 fully saturated rings. The lowest BCUT2D eigenvalue weighted by Gasteiger charge is -2.08. The van der Waals surface area contributed by atoms with Gasteiger partial charge < -0.3 is 14.8 Å². The predicted molar refractivity (Wildman–Crippen MR) is 97.9 cm³/mol. The third-order valence-corrected chi connectivity index (χ3v) is 3.49. The monoisotopic (exact) mass is 387 g/mol. The number of nitro benzene ring substituents is 1. The van der Waals surface area contributed by atoms with Gasteiger partial charge in [-0.3, -0.25) is 25.0 Å². The summed E-state index contributed by atoms with van der Waals surface area (Å²) in [4.78, 5) is 45.5. The number of esters is 1. The Morgan fingerprint density at radius 2 is 1.75 bits per heavy atom. The van der Waals surface area contributed by atoms with Gasteiger partial charge in [-0.2, -0.15) is 0 Å². The Labute approximate surface area is 159 Å². The first-order valence-corrected chi connectivity index (χ1v) is 8.02. The lowest BCUT2D eigenvalue weighted by molar-refractivity contribution is -0.385. The van der Waals surface area contributed by atoms with Crippen LogP contribution in [0.15, 0.2) is 48.5 Å². The molecule has 0 atom stereocenters. The van der Waals surface area contributed by atoms with Crippen molar-refractivity contribution < 1.29 is 28.8 Å². The Hall–Kier alpha value is -3.95. The van der Waals surface area contributed by atoms with Gasteiger partial charge in [0.25, 0.3) is 11.6 Å². The van der Waals surface area contributed by atoms with Gasteiger partial charge in [-0.15, -0.1) is 0 Å². The molecule has 146 valence electrons. The standard InChI is InChI=1S/C18H17N3O7/c1-27-14-8-6-13(7-9-14)19-18(24)20-16(22)11-28-17(23)10-12-4-2-3-5-15(12)21(25)26/h2-9H,10-11H2,1H3,(H2,19,20,22,24). The number of methoxy groups -OCH3 is 1. The second kappa shape index (κ2) is 9.67. The number of imide groups is 1. The SMILES string of the molecule is COc1ccc(NC(=O)NC(=O)COC(=O)Cc2ccccc2[N+](=O)[O-])cc1. The molecule has 28 heavy (non-hydrogen) atoms. The van der Waals surface area contributed by atoms with Crippen LogP contribution in [0.2, 0.25) is 0 Å². The molecule has 0 radical (unpaired) electrons. The average Bonchev–Trinajstić information content (AvgIpc) is 2.67. The smallest absolute Gasteiger partial charge is 0.325 e. The molecule has 0 aliphatic rings. The Morgan fingerprint density at radius 3 is 2.39 bits per heavy atom. The summed E-state index contributed by atoms with van der Waals surface area (Å²) in [5, 5.41) is 15.3. The third-order valence-electron chi connectivity index (χ3n) is 3.49. The quantitative estimate of drug-likeness (QED) is 0.421. The molecule has 0 heterocycles. The van der Waals surface area contributed by atoms with Gasteiger partial charge in [-0.25, -0.2) is 4.79 Å². The summed E-state index contributed by atoms with van der Waals surface area (Å²) in [6, 6.07) is 11.3. The number of rotatable bonds is 7. The van der Waals surface area contributed by atoms with Crippen LogP contribution < -0.4 is 15.4 Å². The van der Waals surface area contributed by atoms with Crippen molar-refractivity contribution in [1.82, 2.24) is 5.32 Å². The molecule has 0 saturated heterocycles. The van der Waals surface area contributed by atoms with E-state index in [1.807, 2.05) is 5.32 Å². The van der Waals surface area contributed by atoms with Crippen LogP contribution in [-0.2, 0) is 20.7 Å². The van der Waals surface area contributed by atoms with E-state index in [1.165, 1.54) is 25.3 Å². The van der Waals surface area contributed by atoms with E-state index in [4.69, 9.17) is 9.47 Å². The Bertz CT molecular complexity index is 881. The average molecular weight is 387 g/mol. The lowest BCUT2D eigenvalue weighted by atomic mass is 10.1. The second-order valence-corrected chi connectivity index (χ2v) is 5.45. The molecule has 2 aromatic carbocycles. The highest BCUT2D eigenvalue weighted by Crippen LogP contribution is 2.18. The number of benzene rings is 2. The molecule has 2 aromatic rings. The summed E-state index contributed by atoms with van der Waals surface area (Å²) in [6.45, 7) is -0.699. The third kappa shape index (κ3) is 6.09. The van der Waals surface area contributed by atoms with E-state index in [-0.39, 0.29) is 17.7 Å². The van der Waals surface area contributed by atoms with Crippen molar-refractivity contribution >= 4 is 29.3 Å². The Kier molecular flexibility index (Phi) is 7.03. The summed E-state index contributed by atoms with van der Waals surface area (Å²) < 4.78 is 9.74. The second-order valence-electron chi connectivity index (χ2n) is 5.45. The summed E-state index contributed by atoms with van der Waals surface area (Å²) >= 11 is 0. The number of ether oxygens (including phenoxy) is 2. The normalized spacial score (nSPS) is 9.89. The molecule has 2 rings (SSSR count). The minimum Gasteiger partial charge on any atom is -0.497 e. The number of carbonyl (C=O) groups excluding carboxylic acids is 3. The molecule has 0 unspecified atom stereocenters. The summed E-state index contributed by atoms with van der Waals surface area (Å²) in [6.07, 6.45) is -0.373. The maximum absolute atomic E-state index is 11.8. The minimum absolute atomic E-state index is 0.162. The van der Waals surface area contributed by atoms with Gasteiger partial charge in [-0.1, -0.05) is 18.2 Å². The van der Waals surface area contributed by atoms with Crippen molar-refractivity contribution in [3.63, 3.8) is 0 Å². The van der Waals surface area contributed by atoms with E-state index < -0.39 is 29.4 Å². The zero-order valence-corrected chi connectivity index (χ0v) is 14.8. The van der Waals surface area contributed by atoms with Crippen LogP contribution in [0.1, 0.15) is 5.56 Å². The fraction of sp³-hybridized carbons (Fsp3) is 0.167. The maximum Gasteiger partial charge on any atom is 0.325 e. The van der Waals surface area contributed by atoms with Gasteiger partial charge >= 0.3 is 12.0 Å². The zero-order chi connectivity index (χ0) is 20.5. The van der Waals surface area contributed by atoms with Crippen LogP contribution in [0.25, 0.3) is 0 Å². The first kappa shape index (κ1) is 20.4. The maximum atomic E-state index is 11.8. The highest BCUT2D eigenvalue weighted by Gasteiger charge is 2.17. The van der Waals surface area contributed by atoms with Gasteiger partial charge in [-0.05, 0) is 24.3 Å². The van der Waals surface area contributed by atoms with Crippen molar-refractivity contribution in [3.8, 4) is 5.75 Å². The molecule has 0 bridgehead atoms. The highest BCUT2D eigenvalue weighted by atomic mass is 16.6. The van der Waals surface area contributed by atoms with E-state index >= 15 is 0 Å². The molecule has 3 amide bonds. The number of nitro groups is 1. The Morgan fingerprint density at radius 1 is 1.07 bits per heavy atom. The van der Waals surface area contributed by atoms with Crippen molar-refractivity contribution in [2.24, 2.45) is 0 Å². The van der Waals surface area contributed by atoms with E-state index in [2.05, 4.69) is 5.32 Å². The van der Waals surface area contributed by atoms with Gasteiger partial charge in [0.1, 0.15) is 5.75 Å². The molecule has 0 spiro atoms. The Balaban J connectivity index is 1.79. The fourth-order valence-electron chi connectivity index (χ4n) is 2.19. The van der Waals surface area contributed by atoms with Crippen LogP contribution in [0.3, 0.4) is 0 Å².